The first-order valence-corrected chi connectivity index (χ1v) is 6.55. The number of hydrogen-bond donors (Lipinski definition) is 0. The van der Waals surface area contributed by atoms with Gasteiger partial charge in [-0.3, -0.25) is 0 Å². The molecule has 19 heavy (non-hydrogen) atoms. The maximum absolute atomic E-state index is 8.91. The van der Waals surface area contributed by atoms with Gasteiger partial charge in [0.05, 0.1) is 16.1 Å². The third-order valence-corrected chi connectivity index (χ3v) is 3.20. The average molecular weight is 339 g/mol. The van der Waals surface area contributed by atoms with E-state index in [-0.39, 0.29) is 5.28 Å². The number of nitriles is 1. The predicted molar refractivity (Wildman–Crippen MR) is 75.4 cm³/mol. The lowest BCUT2D eigenvalue weighted by Gasteiger charge is -2.12. The number of benzene rings is 1. The molecule has 0 amide bonds. The first-order valence-electron chi connectivity index (χ1n) is 5.38. The maximum atomic E-state index is 8.91. The summed E-state index contributed by atoms with van der Waals surface area (Å²) in [5, 5.41) is 9.02. The Morgan fingerprint density at radius 1 is 1.32 bits per heavy atom. The van der Waals surface area contributed by atoms with Gasteiger partial charge < -0.3 is 4.74 Å². The summed E-state index contributed by atoms with van der Waals surface area (Å²) in [5.74, 6) is 1.00. The smallest absolute Gasteiger partial charge is 0.238 e. The zero-order valence-corrected chi connectivity index (χ0v) is 12.6. The molecule has 1 aromatic carbocycles. The third kappa shape index (κ3) is 3.03. The van der Waals surface area contributed by atoms with Gasteiger partial charge in [0.25, 0.3) is 0 Å². The summed E-state index contributed by atoms with van der Waals surface area (Å²) in [6.45, 7) is 3.75. The summed E-state index contributed by atoms with van der Waals surface area (Å²) in [6, 6.07) is 5.63. The average Bonchev–Trinajstić information content (AvgIpc) is 2.37. The Balaban J connectivity index is 2.44. The molecular weight excluding hydrogens is 330 g/mol. The highest BCUT2D eigenvalue weighted by Gasteiger charge is 2.11. The van der Waals surface area contributed by atoms with Crippen LogP contribution < -0.4 is 4.74 Å². The molecule has 1 aromatic heterocycles. The summed E-state index contributed by atoms with van der Waals surface area (Å²) in [5.41, 5.74) is 2.32. The Morgan fingerprint density at radius 3 is 2.53 bits per heavy atom. The van der Waals surface area contributed by atoms with Gasteiger partial charge >= 0.3 is 0 Å². The van der Waals surface area contributed by atoms with Crippen LogP contribution in [0.5, 0.6) is 11.6 Å². The largest absolute Gasteiger partial charge is 0.437 e. The molecule has 2 aromatic rings. The molecule has 2 rings (SSSR count). The quantitative estimate of drug-likeness (QED) is 0.771. The Morgan fingerprint density at radius 2 is 1.95 bits per heavy atom. The Hall–Kier alpha value is -1.64. The van der Waals surface area contributed by atoms with E-state index in [1.54, 1.807) is 12.1 Å². The van der Waals surface area contributed by atoms with Gasteiger partial charge in [-0.25, -0.2) is 4.98 Å². The van der Waals surface area contributed by atoms with Crippen molar-refractivity contribution in [2.24, 2.45) is 0 Å². The van der Waals surface area contributed by atoms with E-state index < -0.39 is 0 Å². The van der Waals surface area contributed by atoms with Crippen LogP contribution in [-0.4, -0.2) is 9.97 Å². The van der Waals surface area contributed by atoms with Crippen LogP contribution in [0.15, 0.2) is 22.8 Å². The Kier molecular flexibility index (Phi) is 4.03. The summed E-state index contributed by atoms with van der Waals surface area (Å²) in [6.07, 6.45) is 1.53. The second-order valence-corrected chi connectivity index (χ2v) is 5.14. The van der Waals surface area contributed by atoms with Gasteiger partial charge in [-0.15, -0.1) is 0 Å². The zero-order valence-electron chi connectivity index (χ0n) is 10.2. The molecule has 96 valence electrons. The molecule has 0 aliphatic rings. The normalized spacial score (nSPS) is 10.1. The fourth-order valence-electron chi connectivity index (χ4n) is 1.68. The van der Waals surface area contributed by atoms with Gasteiger partial charge in [-0.2, -0.15) is 10.2 Å². The summed E-state index contributed by atoms with van der Waals surface area (Å²) < 4.78 is 6.37. The molecule has 1 heterocycles. The number of halogens is 2. The van der Waals surface area contributed by atoms with Crippen LogP contribution in [0.1, 0.15) is 16.7 Å². The first-order chi connectivity index (χ1) is 9.01. The second kappa shape index (κ2) is 5.55. The second-order valence-electron chi connectivity index (χ2n) is 3.95. The van der Waals surface area contributed by atoms with Crippen LogP contribution >= 0.6 is 27.5 Å². The van der Waals surface area contributed by atoms with Gasteiger partial charge in [0.15, 0.2) is 0 Å². The third-order valence-electron chi connectivity index (χ3n) is 2.47. The lowest BCUT2D eigenvalue weighted by atomic mass is 10.1. The Labute approximate surface area is 124 Å². The molecule has 0 aliphatic carbocycles. The highest BCUT2D eigenvalue weighted by Crippen LogP contribution is 2.32. The van der Waals surface area contributed by atoms with E-state index in [2.05, 4.69) is 32.0 Å². The molecule has 6 heteroatoms. The number of hydrogen-bond acceptors (Lipinski definition) is 4. The van der Waals surface area contributed by atoms with E-state index in [9.17, 15) is 0 Å². The molecule has 0 atom stereocenters. The minimum Gasteiger partial charge on any atom is -0.437 e. The number of aryl methyl sites for hydroxylation is 2. The Bertz CT molecular complexity index is 659. The monoisotopic (exact) mass is 337 g/mol. The van der Waals surface area contributed by atoms with E-state index in [0.717, 1.165) is 11.1 Å². The predicted octanol–water partition coefficient (Wildman–Crippen LogP) is 4.17. The van der Waals surface area contributed by atoms with Crippen LogP contribution in [-0.2, 0) is 0 Å². The molecule has 0 spiro atoms. The zero-order chi connectivity index (χ0) is 14.0. The van der Waals surface area contributed by atoms with Crippen molar-refractivity contribution in [2.45, 2.75) is 13.8 Å². The SMILES string of the molecule is Cc1cc(C#N)cc(C)c1Oc1nc(Cl)ncc1Br. The summed E-state index contributed by atoms with van der Waals surface area (Å²) >= 11 is 9.05. The van der Waals surface area contributed by atoms with Crippen molar-refractivity contribution >= 4 is 27.5 Å². The molecular formula is C13H9BrClN3O. The van der Waals surface area contributed by atoms with E-state index in [0.29, 0.717) is 21.7 Å². The van der Waals surface area contributed by atoms with Crippen molar-refractivity contribution in [1.29, 1.82) is 5.26 Å². The van der Waals surface area contributed by atoms with Crippen LogP contribution in [0.25, 0.3) is 0 Å². The van der Waals surface area contributed by atoms with Crippen LogP contribution in [0.4, 0.5) is 0 Å². The molecule has 0 unspecified atom stereocenters. The van der Waals surface area contributed by atoms with E-state index in [1.165, 1.54) is 6.20 Å². The summed E-state index contributed by atoms with van der Waals surface area (Å²) in [4.78, 5) is 7.85. The molecule has 0 radical (unpaired) electrons. The van der Waals surface area contributed by atoms with Gasteiger partial charge in [-0.1, -0.05) is 0 Å². The molecule has 0 N–H and O–H groups in total. The maximum Gasteiger partial charge on any atom is 0.238 e. The molecule has 0 aliphatic heterocycles. The fraction of sp³-hybridized carbons (Fsp3) is 0.154. The van der Waals surface area contributed by atoms with E-state index >= 15 is 0 Å². The van der Waals surface area contributed by atoms with Crippen molar-refractivity contribution < 1.29 is 4.74 Å². The number of rotatable bonds is 2. The van der Waals surface area contributed by atoms with Crippen molar-refractivity contribution in [3.8, 4) is 17.7 Å². The van der Waals surface area contributed by atoms with Gasteiger partial charge in [0, 0.05) is 6.20 Å². The summed E-state index contributed by atoms with van der Waals surface area (Å²) in [7, 11) is 0. The minimum atomic E-state index is 0.113. The lowest BCUT2D eigenvalue weighted by Crippen LogP contribution is -1.96. The lowest BCUT2D eigenvalue weighted by molar-refractivity contribution is 0.451. The molecule has 0 bridgehead atoms. The molecule has 0 saturated heterocycles. The van der Waals surface area contributed by atoms with Crippen molar-refractivity contribution in [1.82, 2.24) is 9.97 Å². The minimum absolute atomic E-state index is 0.113. The van der Waals surface area contributed by atoms with E-state index in [4.69, 9.17) is 21.6 Å². The first kappa shape index (κ1) is 13.8. The number of nitrogens with zero attached hydrogens (tertiary/aromatic N) is 3. The van der Waals surface area contributed by atoms with Crippen molar-refractivity contribution in [3.63, 3.8) is 0 Å². The van der Waals surface area contributed by atoms with Crippen LogP contribution in [0.2, 0.25) is 5.28 Å². The number of aromatic nitrogens is 2. The molecule has 0 saturated carbocycles. The molecule has 0 fully saturated rings. The highest BCUT2D eigenvalue weighted by molar-refractivity contribution is 9.10. The topological polar surface area (TPSA) is 58.8 Å². The van der Waals surface area contributed by atoms with Crippen LogP contribution in [0.3, 0.4) is 0 Å². The highest BCUT2D eigenvalue weighted by atomic mass is 79.9. The molecule has 4 nitrogen and oxygen atoms in total. The van der Waals surface area contributed by atoms with Crippen LogP contribution in [0, 0.1) is 25.2 Å². The van der Waals surface area contributed by atoms with Crippen molar-refractivity contribution in [3.05, 3.63) is 44.8 Å². The van der Waals surface area contributed by atoms with E-state index in [1.807, 2.05) is 13.8 Å². The van der Waals surface area contributed by atoms with Gasteiger partial charge in [0.1, 0.15) is 5.75 Å². The number of ether oxygens (including phenoxy) is 1. The van der Waals surface area contributed by atoms with Gasteiger partial charge in [-0.05, 0) is 64.6 Å². The van der Waals surface area contributed by atoms with Crippen molar-refractivity contribution in [2.75, 3.05) is 0 Å². The standard InChI is InChI=1S/C13H9BrClN3O/c1-7-3-9(5-16)4-8(2)11(7)19-12-10(14)6-17-13(15)18-12/h3-4,6H,1-2H3. The van der Waals surface area contributed by atoms with Gasteiger partial charge in [0.2, 0.25) is 11.2 Å². The fourth-order valence-corrected chi connectivity index (χ4v) is 2.07.